The van der Waals surface area contributed by atoms with Crippen LogP contribution in [0.4, 0.5) is 0 Å². The number of aryl methyl sites for hydroxylation is 1. The Morgan fingerprint density at radius 1 is 1.64 bits per heavy atom. The third kappa shape index (κ3) is 3.62. The van der Waals surface area contributed by atoms with Crippen molar-refractivity contribution in [1.29, 1.82) is 0 Å². The zero-order valence-corrected chi connectivity index (χ0v) is 8.41. The van der Waals surface area contributed by atoms with E-state index in [-0.39, 0.29) is 12.5 Å². The Kier molecular flexibility index (Phi) is 3.71. The Balaban J connectivity index is 2.30. The standard InChI is InChI=1S/C10H15NO3/c1-7(5-10(12)13)11-6-9-4-3-8(2)14-9/h3-4,7,11H,5-6H2,1-2H3,(H,12,13). The van der Waals surface area contributed by atoms with E-state index in [2.05, 4.69) is 5.32 Å². The SMILES string of the molecule is Cc1ccc(CNC(C)CC(=O)O)o1. The van der Waals surface area contributed by atoms with Gasteiger partial charge in [-0.05, 0) is 26.0 Å². The van der Waals surface area contributed by atoms with Crippen LogP contribution in [0.15, 0.2) is 16.5 Å². The monoisotopic (exact) mass is 197 g/mol. The molecule has 0 aromatic carbocycles. The minimum absolute atomic E-state index is 0.0436. The summed E-state index contributed by atoms with van der Waals surface area (Å²) in [7, 11) is 0. The van der Waals surface area contributed by atoms with Gasteiger partial charge in [0, 0.05) is 6.04 Å². The third-order valence-corrected chi connectivity index (χ3v) is 1.90. The van der Waals surface area contributed by atoms with E-state index in [4.69, 9.17) is 9.52 Å². The number of carboxylic acid groups (broad SMARTS) is 1. The Morgan fingerprint density at radius 3 is 2.86 bits per heavy atom. The van der Waals surface area contributed by atoms with Gasteiger partial charge in [-0.15, -0.1) is 0 Å². The quantitative estimate of drug-likeness (QED) is 0.751. The first-order chi connectivity index (χ1) is 6.58. The van der Waals surface area contributed by atoms with Crippen molar-refractivity contribution in [2.24, 2.45) is 0 Å². The van der Waals surface area contributed by atoms with Crippen LogP contribution in [0.25, 0.3) is 0 Å². The van der Waals surface area contributed by atoms with Crippen molar-refractivity contribution in [1.82, 2.24) is 5.32 Å². The van der Waals surface area contributed by atoms with Crippen molar-refractivity contribution in [2.75, 3.05) is 0 Å². The molecule has 0 radical (unpaired) electrons. The number of aliphatic carboxylic acids is 1. The molecule has 2 N–H and O–H groups in total. The molecule has 0 saturated carbocycles. The fraction of sp³-hybridized carbons (Fsp3) is 0.500. The number of furan rings is 1. The molecule has 14 heavy (non-hydrogen) atoms. The number of nitrogens with one attached hydrogen (secondary N) is 1. The third-order valence-electron chi connectivity index (χ3n) is 1.90. The number of carbonyl (C=O) groups is 1. The van der Waals surface area contributed by atoms with Crippen LogP contribution in [0.1, 0.15) is 24.9 Å². The first-order valence-electron chi connectivity index (χ1n) is 4.58. The van der Waals surface area contributed by atoms with Gasteiger partial charge in [0.1, 0.15) is 11.5 Å². The van der Waals surface area contributed by atoms with Gasteiger partial charge >= 0.3 is 5.97 Å². The van der Waals surface area contributed by atoms with E-state index in [0.717, 1.165) is 11.5 Å². The highest BCUT2D eigenvalue weighted by Gasteiger charge is 2.07. The average Bonchev–Trinajstić information content (AvgIpc) is 2.47. The fourth-order valence-corrected chi connectivity index (χ4v) is 1.19. The summed E-state index contributed by atoms with van der Waals surface area (Å²) in [5.41, 5.74) is 0. The summed E-state index contributed by atoms with van der Waals surface area (Å²) in [6.07, 6.45) is 0.125. The second kappa shape index (κ2) is 4.81. The minimum Gasteiger partial charge on any atom is -0.481 e. The molecule has 0 spiro atoms. The molecule has 4 heteroatoms. The maximum atomic E-state index is 10.4. The summed E-state index contributed by atoms with van der Waals surface area (Å²) in [5, 5.41) is 11.6. The predicted molar refractivity (Wildman–Crippen MR) is 52.0 cm³/mol. The van der Waals surface area contributed by atoms with Crippen molar-refractivity contribution in [3.63, 3.8) is 0 Å². The number of hydrogen-bond donors (Lipinski definition) is 2. The van der Waals surface area contributed by atoms with Gasteiger partial charge in [-0.25, -0.2) is 0 Å². The molecule has 78 valence electrons. The molecule has 0 bridgehead atoms. The van der Waals surface area contributed by atoms with E-state index in [9.17, 15) is 4.79 Å². The molecule has 0 aliphatic carbocycles. The smallest absolute Gasteiger partial charge is 0.304 e. The molecule has 1 rings (SSSR count). The van der Waals surface area contributed by atoms with Crippen molar-refractivity contribution in [2.45, 2.75) is 32.9 Å². The van der Waals surface area contributed by atoms with Crippen LogP contribution in [0.2, 0.25) is 0 Å². The summed E-state index contributed by atoms with van der Waals surface area (Å²) < 4.78 is 5.33. The Hall–Kier alpha value is -1.29. The van der Waals surface area contributed by atoms with Gasteiger partial charge in [-0.2, -0.15) is 0 Å². The lowest BCUT2D eigenvalue weighted by Crippen LogP contribution is -2.27. The second-order valence-electron chi connectivity index (χ2n) is 3.39. The minimum atomic E-state index is -0.791. The van der Waals surface area contributed by atoms with Crippen LogP contribution >= 0.6 is 0 Å². The maximum Gasteiger partial charge on any atom is 0.304 e. The highest BCUT2D eigenvalue weighted by Crippen LogP contribution is 2.06. The summed E-state index contributed by atoms with van der Waals surface area (Å²) >= 11 is 0. The predicted octanol–water partition coefficient (Wildman–Crippen LogP) is 1.54. The van der Waals surface area contributed by atoms with Crippen molar-refractivity contribution >= 4 is 5.97 Å². The van der Waals surface area contributed by atoms with E-state index in [1.807, 2.05) is 26.0 Å². The molecule has 1 atom stereocenters. The van der Waals surface area contributed by atoms with Crippen LogP contribution < -0.4 is 5.32 Å². The highest BCUT2D eigenvalue weighted by atomic mass is 16.4. The number of hydrogen-bond acceptors (Lipinski definition) is 3. The number of rotatable bonds is 5. The lowest BCUT2D eigenvalue weighted by Gasteiger charge is -2.09. The van der Waals surface area contributed by atoms with E-state index in [1.165, 1.54) is 0 Å². The largest absolute Gasteiger partial charge is 0.481 e. The first-order valence-corrected chi connectivity index (χ1v) is 4.58. The molecular weight excluding hydrogens is 182 g/mol. The lowest BCUT2D eigenvalue weighted by atomic mass is 10.2. The van der Waals surface area contributed by atoms with Crippen molar-refractivity contribution in [3.05, 3.63) is 23.7 Å². The molecule has 0 saturated heterocycles. The molecule has 1 aromatic heterocycles. The van der Waals surface area contributed by atoms with E-state index in [0.29, 0.717) is 6.54 Å². The molecule has 0 amide bonds. The zero-order valence-electron chi connectivity index (χ0n) is 8.41. The summed E-state index contributed by atoms with van der Waals surface area (Å²) in [5.74, 6) is 0.910. The molecule has 1 heterocycles. The molecule has 4 nitrogen and oxygen atoms in total. The van der Waals surface area contributed by atoms with Gasteiger partial charge in [0.15, 0.2) is 0 Å². The van der Waals surface area contributed by atoms with Crippen LogP contribution in [-0.2, 0) is 11.3 Å². The van der Waals surface area contributed by atoms with Crippen LogP contribution in [0.5, 0.6) is 0 Å². The first kappa shape index (κ1) is 10.8. The van der Waals surface area contributed by atoms with Gasteiger partial charge in [0.2, 0.25) is 0 Å². The van der Waals surface area contributed by atoms with Crippen LogP contribution in [-0.4, -0.2) is 17.1 Å². The van der Waals surface area contributed by atoms with Gasteiger partial charge < -0.3 is 14.8 Å². The summed E-state index contributed by atoms with van der Waals surface area (Å²) in [6, 6.07) is 3.73. The Labute approximate surface area is 82.9 Å². The Bertz CT molecular complexity index is 306. The average molecular weight is 197 g/mol. The summed E-state index contributed by atoms with van der Waals surface area (Å²) in [4.78, 5) is 10.4. The fourth-order valence-electron chi connectivity index (χ4n) is 1.19. The van der Waals surface area contributed by atoms with Crippen molar-refractivity contribution in [3.8, 4) is 0 Å². The summed E-state index contributed by atoms with van der Waals surface area (Å²) in [6.45, 7) is 4.29. The molecule has 0 aliphatic rings. The second-order valence-corrected chi connectivity index (χ2v) is 3.39. The maximum absolute atomic E-state index is 10.4. The van der Waals surface area contributed by atoms with Gasteiger partial charge in [0.25, 0.3) is 0 Å². The zero-order chi connectivity index (χ0) is 10.6. The van der Waals surface area contributed by atoms with E-state index in [1.54, 1.807) is 0 Å². The van der Waals surface area contributed by atoms with Crippen LogP contribution in [0.3, 0.4) is 0 Å². The number of carboxylic acids is 1. The van der Waals surface area contributed by atoms with E-state index >= 15 is 0 Å². The normalized spacial score (nSPS) is 12.7. The molecular formula is C10H15NO3. The van der Waals surface area contributed by atoms with Gasteiger partial charge in [-0.3, -0.25) is 4.79 Å². The molecule has 1 unspecified atom stereocenters. The lowest BCUT2D eigenvalue weighted by molar-refractivity contribution is -0.137. The molecule has 1 aromatic rings. The van der Waals surface area contributed by atoms with Crippen molar-refractivity contribution < 1.29 is 14.3 Å². The molecule has 0 aliphatic heterocycles. The molecule has 0 fully saturated rings. The van der Waals surface area contributed by atoms with E-state index < -0.39 is 5.97 Å². The van der Waals surface area contributed by atoms with Crippen LogP contribution in [0, 0.1) is 6.92 Å². The topological polar surface area (TPSA) is 62.5 Å². The van der Waals surface area contributed by atoms with Gasteiger partial charge in [0.05, 0.1) is 13.0 Å². The van der Waals surface area contributed by atoms with Gasteiger partial charge in [-0.1, -0.05) is 0 Å². The Morgan fingerprint density at radius 2 is 2.36 bits per heavy atom. The highest BCUT2D eigenvalue weighted by molar-refractivity contribution is 5.67.